The van der Waals surface area contributed by atoms with E-state index in [0.29, 0.717) is 0 Å². The Morgan fingerprint density at radius 3 is 2.48 bits per heavy atom. The number of anilines is 1. The number of H-pyrrole nitrogens is 1. The summed E-state index contributed by atoms with van der Waals surface area (Å²) in [5.74, 6) is -0.901. The number of carbonyl (C=O) groups excluding carboxylic acids is 2. The number of esters is 1. The normalized spacial score (nSPS) is 12.1. The molecule has 1 aromatic heterocycles. The Morgan fingerprint density at radius 2 is 1.89 bits per heavy atom. The first-order valence-corrected chi connectivity index (χ1v) is 8.45. The zero-order chi connectivity index (χ0) is 20.0. The van der Waals surface area contributed by atoms with Gasteiger partial charge in [0.15, 0.2) is 0 Å². The van der Waals surface area contributed by atoms with Crippen LogP contribution in [0.5, 0.6) is 6.01 Å². The van der Waals surface area contributed by atoms with Crippen LogP contribution in [0.1, 0.15) is 33.3 Å². The van der Waals surface area contributed by atoms with Crippen LogP contribution in [0.4, 0.5) is 10.5 Å². The second-order valence-electron chi connectivity index (χ2n) is 7.13. The van der Waals surface area contributed by atoms with Crippen LogP contribution < -0.4 is 15.6 Å². The maximum Gasteiger partial charge on any atom is 0.412 e. The molecule has 0 fully saturated rings. The smallest absolute Gasteiger partial charge is 0.412 e. The van der Waals surface area contributed by atoms with Crippen molar-refractivity contribution in [1.82, 2.24) is 9.97 Å². The Hall–Kier alpha value is -3.16. The number of hydrogen-bond acceptors (Lipinski definition) is 6. The lowest BCUT2D eigenvalue weighted by atomic mass is 9.82. The number of aromatic nitrogens is 2. The third-order valence-corrected chi connectivity index (χ3v) is 4.08. The molecule has 0 bridgehead atoms. The number of rotatable bonds is 5. The van der Waals surface area contributed by atoms with Crippen molar-refractivity contribution in [3.05, 3.63) is 52.4 Å². The van der Waals surface area contributed by atoms with E-state index in [1.54, 1.807) is 6.92 Å². The summed E-state index contributed by atoms with van der Waals surface area (Å²) in [7, 11) is 0. The highest BCUT2D eigenvalue weighted by Crippen LogP contribution is 2.26. The molecule has 8 nitrogen and oxygen atoms in total. The van der Waals surface area contributed by atoms with Crippen molar-refractivity contribution in [2.45, 2.75) is 34.3 Å². The van der Waals surface area contributed by atoms with Crippen LogP contribution in [0.25, 0.3) is 0 Å². The van der Waals surface area contributed by atoms with Crippen LogP contribution in [0.2, 0.25) is 0 Å². The molecule has 1 aromatic carbocycles. The third-order valence-electron chi connectivity index (χ3n) is 4.08. The van der Waals surface area contributed by atoms with E-state index in [4.69, 9.17) is 9.47 Å². The molecule has 0 saturated carbocycles. The highest BCUT2D eigenvalue weighted by atomic mass is 16.6. The van der Waals surface area contributed by atoms with Gasteiger partial charge in [-0.15, -0.1) is 0 Å². The number of hydrogen-bond donors (Lipinski definition) is 2. The summed E-state index contributed by atoms with van der Waals surface area (Å²) in [6.45, 7) is 7.52. The van der Waals surface area contributed by atoms with Gasteiger partial charge in [0.25, 0.3) is 5.56 Å². The van der Waals surface area contributed by atoms with E-state index < -0.39 is 23.5 Å². The molecule has 27 heavy (non-hydrogen) atoms. The first kappa shape index (κ1) is 20.2. The molecule has 1 heterocycles. The highest BCUT2D eigenvalue weighted by molar-refractivity contribution is 5.84. The van der Waals surface area contributed by atoms with E-state index >= 15 is 0 Å². The Morgan fingerprint density at radius 1 is 1.22 bits per heavy atom. The fraction of sp³-hybridized carbons (Fsp3) is 0.368. The Balaban J connectivity index is 1.95. The summed E-state index contributed by atoms with van der Waals surface area (Å²) in [5, 5.41) is 2.30. The maximum atomic E-state index is 12.1. The molecule has 1 atom stereocenters. The molecule has 2 aromatic rings. The van der Waals surface area contributed by atoms with Crippen LogP contribution in [0.3, 0.4) is 0 Å². The van der Waals surface area contributed by atoms with Crippen LogP contribution in [0.15, 0.2) is 41.3 Å². The van der Waals surface area contributed by atoms with Gasteiger partial charge in [-0.2, -0.15) is 0 Å². The second kappa shape index (κ2) is 8.48. The first-order chi connectivity index (χ1) is 12.7. The topological polar surface area (TPSA) is 110 Å². The van der Waals surface area contributed by atoms with Crippen molar-refractivity contribution in [3.8, 4) is 6.01 Å². The van der Waals surface area contributed by atoms with Crippen molar-refractivity contribution >= 4 is 17.7 Å². The van der Waals surface area contributed by atoms with Gasteiger partial charge in [-0.1, -0.05) is 58.0 Å². The van der Waals surface area contributed by atoms with Gasteiger partial charge in [-0.3, -0.25) is 19.9 Å². The zero-order valence-corrected chi connectivity index (χ0v) is 15.7. The molecule has 0 aliphatic rings. The zero-order valence-electron chi connectivity index (χ0n) is 15.7. The summed E-state index contributed by atoms with van der Waals surface area (Å²) in [5.41, 5.74) is -0.249. The van der Waals surface area contributed by atoms with Crippen LogP contribution in [-0.4, -0.2) is 22.0 Å². The quantitative estimate of drug-likeness (QED) is 0.779. The fourth-order valence-electron chi connectivity index (χ4n) is 1.93. The molecular weight excluding hydrogens is 350 g/mol. The van der Waals surface area contributed by atoms with E-state index in [1.807, 2.05) is 51.1 Å². The van der Waals surface area contributed by atoms with Gasteiger partial charge in [0, 0.05) is 0 Å². The molecule has 0 saturated heterocycles. The monoisotopic (exact) mass is 373 g/mol. The van der Waals surface area contributed by atoms with Gasteiger partial charge in [-0.25, -0.2) is 9.78 Å². The number of nitrogens with zero attached hydrogens (tertiary/aromatic N) is 1. The molecular formula is C19H23N3O5. The molecule has 1 amide bonds. The second-order valence-corrected chi connectivity index (χ2v) is 7.13. The lowest BCUT2D eigenvalue weighted by Gasteiger charge is -2.24. The van der Waals surface area contributed by atoms with E-state index in [1.165, 1.54) is 0 Å². The number of aromatic amines is 1. The van der Waals surface area contributed by atoms with Gasteiger partial charge in [-0.05, 0) is 11.0 Å². The Bertz CT molecular complexity index is 856. The van der Waals surface area contributed by atoms with Crippen molar-refractivity contribution < 1.29 is 19.1 Å². The number of carbonyl (C=O) groups is 2. The van der Waals surface area contributed by atoms with Gasteiger partial charge in [0.1, 0.15) is 12.3 Å². The molecule has 2 N–H and O–H groups in total. The summed E-state index contributed by atoms with van der Waals surface area (Å²) < 4.78 is 10.1. The Kier molecular flexibility index (Phi) is 6.33. The molecule has 2 rings (SSSR count). The Labute approximate surface area is 156 Å². The minimum Gasteiger partial charge on any atom is -0.444 e. The van der Waals surface area contributed by atoms with Gasteiger partial charge >= 0.3 is 18.1 Å². The molecule has 1 unspecified atom stereocenters. The van der Waals surface area contributed by atoms with Crippen LogP contribution in [-0.2, 0) is 16.1 Å². The first-order valence-electron chi connectivity index (χ1n) is 8.45. The number of nitrogens with one attached hydrogen (secondary N) is 2. The average molecular weight is 373 g/mol. The minimum atomic E-state index is -0.794. The molecule has 8 heteroatoms. The maximum absolute atomic E-state index is 12.1. The van der Waals surface area contributed by atoms with Crippen LogP contribution >= 0.6 is 0 Å². The number of benzene rings is 1. The van der Waals surface area contributed by atoms with Gasteiger partial charge in [0.2, 0.25) is 0 Å². The third kappa shape index (κ3) is 5.95. The molecule has 0 radical (unpaired) electrons. The summed E-state index contributed by atoms with van der Waals surface area (Å²) in [6.07, 6.45) is 0.310. The van der Waals surface area contributed by atoms with Gasteiger partial charge in [0.05, 0.1) is 12.1 Å². The van der Waals surface area contributed by atoms with E-state index in [0.717, 1.165) is 11.8 Å². The van der Waals surface area contributed by atoms with Crippen molar-refractivity contribution in [2.75, 3.05) is 5.32 Å². The number of ether oxygens (including phenoxy) is 2. The molecule has 0 aliphatic heterocycles. The van der Waals surface area contributed by atoms with Gasteiger partial charge < -0.3 is 9.47 Å². The predicted octanol–water partition coefficient (Wildman–Crippen LogP) is 3.11. The lowest BCUT2D eigenvalue weighted by Crippen LogP contribution is -2.30. The standard InChI is InChI=1S/C19H23N3O5/c1-12(19(2,3)4)16(24)27-17-20-10-14(15(23)22-17)21-18(25)26-11-13-8-6-5-7-9-13/h5-10,12H,11H2,1-4H3,(H,21,25)(H,20,22,23). The molecule has 0 spiro atoms. The van der Waals surface area contributed by atoms with Crippen molar-refractivity contribution in [1.29, 1.82) is 0 Å². The average Bonchev–Trinajstić information content (AvgIpc) is 2.61. The fourth-order valence-corrected chi connectivity index (χ4v) is 1.93. The largest absolute Gasteiger partial charge is 0.444 e. The lowest BCUT2D eigenvalue weighted by molar-refractivity contribution is -0.142. The van der Waals surface area contributed by atoms with Crippen LogP contribution in [0, 0.1) is 11.3 Å². The predicted molar refractivity (Wildman–Crippen MR) is 99.4 cm³/mol. The van der Waals surface area contributed by atoms with E-state index in [-0.39, 0.29) is 23.7 Å². The van der Waals surface area contributed by atoms with Crippen molar-refractivity contribution in [2.24, 2.45) is 11.3 Å². The summed E-state index contributed by atoms with van der Waals surface area (Å²) in [4.78, 5) is 42.1. The number of amides is 1. The van der Waals surface area contributed by atoms with E-state index in [9.17, 15) is 14.4 Å². The van der Waals surface area contributed by atoms with E-state index in [2.05, 4.69) is 15.3 Å². The van der Waals surface area contributed by atoms with Crippen molar-refractivity contribution in [3.63, 3.8) is 0 Å². The summed E-state index contributed by atoms with van der Waals surface area (Å²) in [6, 6.07) is 8.89. The minimum absolute atomic E-state index is 0.0679. The molecule has 144 valence electrons. The highest BCUT2D eigenvalue weighted by Gasteiger charge is 2.29. The molecule has 0 aliphatic carbocycles. The SMILES string of the molecule is CC(C(=O)Oc1ncc(NC(=O)OCc2ccccc2)c(=O)[nH]1)C(C)(C)C. The summed E-state index contributed by atoms with van der Waals surface area (Å²) >= 11 is 0.